The van der Waals surface area contributed by atoms with Crippen molar-refractivity contribution < 1.29 is 28.5 Å². The number of rotatable bonds is 10. The minimum absolute atomic E-state index is 0.123. The van der Waals surface area contributed by atoms with Crippen LogP contribution in [0.4, 0.5) is 0 Å². The molecule has 32 heavy (non-hydrogen) atoms. The fourth-order valence-corrected chi connectivity index (χ4v) is 3.14. The molecule has 2 atom stereocenters. The van der Waals surface area contributed by atoms with Gasteiger partial charge in [0.1, 0.15) is 0 Å². The zero-order valence-corrected chi connectivity index (χ0v) is 20.7. The van der Waals surface area contributed by atoms with Crippen LogP contribution in [-0.4, -0.2) is 24.1 Å². The number of esters is 2. The Bertz CT molecular complexity index is 969. The summed E-state index contributed by atoms with van der Waals surface area (Å²) in [6.45, 7) is 13.0. The monoisotopic (exact) mass is 464 g/mol. The highest BCUT2D eigenvalue weighted by Crippen LogP contribution is 2.53. The Kier molecular flexibility index (Phi) is 9.20. The first-order valence-electron chi connectivity index (χ1n) is 11.1. The molecule has 0 spiro atoms. The molecule has 0 aliphatic carbocycles. The second-order valence-electron chi connectivity index (χ2n) is 8.35. The van der Waals surface area contributed by atoms with Gasteiger partial charge in [-0.05, 0) is 50.8 Å². The minimum Gasteiger partial charge on any atom is -0.483 e. The van der Waals surface area contributed by atoms with Gasteiger partial charge in [-0.25, -0.2) is 0 Å². The van der Waals surface area contributed by atoms with Gasteiger partial charge < -0.3 is 18.9 Å². The van der Waals surface area contributed by atoms with Gasteiger partial charge in [0, 0.05) is 29.1 Å². The highest BCUT2D eigenvalue weighted by atomic mass is 35.5. The van der Waals surface area contributed by atoms with E-state index in [4.69, 9.17) is 30.5 Å². The molecule has 2 aromatic rings. The molecule has 0 fully saturated rings. The molecule has 0 amide bonds. The van der Waals surface area contributed by atoms with E-state index in [2.05, 4.69) is 0 Å². The second kappa shape index (κ2) is 11.4. The average Bonchev–Trinajstić information content (AvgIpc) is 2.71. The van der Waals surface area contributed by atoms with E-state index in [1.807, 2.05) is 41.5 Å². The van der Waals surface area contributed by atoms with Gasteiger partial charge in [-0.3, -0.25) is 9.59 Å². The summed E-state index contributed by atoms with van der Waals surface area (Å²) in [5.41, 5.74) is 0. The third-order valence-corrected chi connectivity index (χ3v) is 5.15. The molecule has 2 rings (SSSR count). The molecule has 7 heteroatoms. The molecule has 0 saturated heterocycles. The Morgan fingerprint density at radius 1 is 0.844 bits per heavy atom. The summed E-state index contributed by atoms with van der Waals surface area (Å²) in [6, 6.07) is 5.06. The van der Waals surface area contributed by atoms with Crippen molar-refractivity contribution in [3.8, 4) is 23.0 Å². The van der Waals surface area contributed by atoms with Crippen LogP contribution in [0, 0.1) is 5.92 Å². The SMILES string of the molecule is CCC(C)Oc1c(OC(C)CC)c(OC(=O)CC(C)C)c2ccc(Cl)cc2c1OC(C)=O. The standard InChI is InChI=1S/C25H33ClO6/c1-8-15(5)29-24-22(32-21(28)12-14(3)4)19-11-10-18(26)13-20(19)23(31-17(7)27)25(24)30-16(6)9-2/h10-11,13-16H,8-9,12H2,1-7H3. The Balaban J connectivity index is 2.90. The van der Waals surface area contributed by atoms with Crippen LogP contribution in [0.2, 0.25) is 5.02 Å². The van der Waals surface area contributed by atoms with Crippen molar-refractivity contribution in [2.45, 2.75) is 79.9 Å². The van der Waals surface area contributed by atoms with Crippen LogP contribution in [0.1, 0.15) is 67.7 Å². The van der Waals surface area contributed by atoms with Crippen LogP contribution in [0.5, 0.6) is 23.0 Å². The molecule has 176 valence electrons. The van der Waals surface area contributed by atoms with E-state index in [0.29, 0.717) is 28.6 Å². The van der Waals surface area contributed by atoms with Crippen molar-refractivity contribution in [3.63, 3.8) is 0 Å². The first kappa shape index (κ1) is 25.8. The third-order valence-electron chi connectivity index (χ3n) is 4.91. The molecule has 0 aromatic heterocycles. The lowest BCUT2D eigenvalue weighted by Crippen LogP contribution is -2.18. The normalized spacial score (nSPS) is 13.0. The Hall–Kier alpha value is -2.47. The molecule has 0 aliphatic rings. The highest BCUT2D eigenvalue weighted by Gasteiger charge is 2.29. The largest absolute Gasteiger partial charge is 0.483 e. The number of fused-ring (bicyclic) bond motifs is 1. The molecule has 0 heterocycles. The van der Waals surface area contributed by atoms with Gasteiger partial charge in [-0.1, -0.05) is 39.3 Å². The van der Waals surface area contributed by atoms with Crippen molar-refractivity contribution in [2.24, 2.45) is 5.92 Å². The molecule has 0 radical (unpaired) electrons. The van der Waals surface area contributed by atoms with Crippen LogP contribution in [-0.2, 0) is 9.59 Å². The van der Waals surface area contributed by atoms with Crippen molar-refractivity contribution in [3.05, 3.63) is 23.2 Å². The van der Waals surface area contributed by atoms with Crippen LogP contribution in [0.3, 0.4) is 0 Å². The fourth-order valence-electron chi connectivity index (χ4n) is 2.97. The van der Waals surface area contributed by atoms with Crippen LogP contribution in [0.15, 0.2) is 18.2 Å². The first-order chi connectivity index (χ1) is 15.1. The summed E-state index contributed by atoms with van der Waals surface area (Å²) in [4.78, 5) is 24.6. The van der Waals surface area contributed by atoms with E-state index < -0.39 is 5.97 Å². The highest BCUT2D eigenvalue weighted by molar-refractivity contribution is 6.31. The van der Waals surface area contributed by atoms with Crippen LogP contribution < -0.4 is 18.9 Å². The maximum atomic E-state index is 12.7. The molecule has 6 nitrogen and oxygen atoms in total. The maximum Gasteiger partial charge on any atom is 0.311 e. The predicted molar refractivity (Wildman–Crippen MR) is 126 cm³/mol. The lowest BCUT2D eigenvalue weighted by molar-refractivity contribution is -0.135. The number of carbonyl (C=O) groups is 2. The van der Waals surface area contributed by atoms with Crippen molar-refractivity contribution in [1.82, 2.24) is 0 Å². The van der Waals surface area contributed by atoms with Gasteiger partial charge in [0.2, 0.25) is 11.5 Å². The van der Waals surface area contributed by atoms with Crippen LogP contribution >= 0.6 is 11.6 Å². The molecular formula is C25H33ClO6. The van der Waals surface area contributed by atoms with Gasteiger partial charge >= 0.3 is 11.9 Å². The van der Waals surface area contributed by atoms with Gasteiger partial charge in [-0.15, -0.1) is 0 Å². The number of benzene rings is 2. The average molecular weight is 465 g/mol. The van der Waals surface area contributed by atoms with Crippen molar-refractivity contribution in [1.29, 1.82) is 0 Å². The number of ether oxygens (including phenoxy) is 4. The molecule has 2 aromatic carbocycles. The number of hydrogen-bond acceptors (Lipinski definition) is 6. The van der Waals surface area contributed by atoms with E-state index >= 15 is 0 Å². The molecule has 0 bridgehead atoms. The number of carbonyl (C=O) groups excluding carboxylic acids is 2. The fraction of sp³-hybridized carbons (Fsp3) is 0.520. The zero-order chi connectivity index (χ0) is 24.0. The molecule has 0 saturated carbocycles. The lowest BCUT2D eigenvalue weighted by Gasteiger charge is -2.25. The van der Waals surface area contributed by atoms with Gasteiger partial charge in [0.05, 0.1) is 12.2 Å². The molecule has 0 aliphatic heterocycles. The van der Waals surface area contributed by atoms with E-state index in [9.17, 15) is 9.59 Å². The van der Waals surface area contributed by atoms with Gasteiger partial charge in [0.15, 0.2) is 11.5 Å². The summed E-state index contributed by atoms with van der Waals surface area (Å²) in [6.07, 6.45) is 1.25. The number of halogens is 1. The topological polar surface area (TPSA) is 71.1 Å². The summed E-state index contributed by atoms with van der Waals surface area (Å²) < 4.78 is 23.8. The first-order valence-corrected chi connectivity index (χ1v) is 11.5. The Morgan fingerprint density at radius 3 is 1.84 bits per heavy atom. The Morgan fingerprint density at radius 2 is 1.38 bits per heavy atom. The van der Waals surface area contributed by atoms with E-state index in [0.717, 1.165) is 0 Å². The van der Waals surface area contributed by atoms with E-state index in [1.54, 1.807) is 18.2 Å². The zero-order valence-electron chi connectivity index (χ0n) is 19.9. The summed E-state index contributed by atoms with van der Waals surface area (Å²) in [7, 11) is 0. The minimum atomic E-state index is -0.515. The smallest absolute Gasteiger partial charge is 0.311 e. The van der Waals surface area contributed by atoms with E-state index in [-0.39, 0.29) is 53.5 Å². The molecule has 0 N–H and O–H groups in total. The third kappa shape index (κ3) is 6.52. The predicted octanol–water partition coefficient (Wildman–Crippen LogP) is 6.72. The van der Waals surface area contributed by atoms with Crippen molar-refractivity contribution >= 4 is 34.3 Å². The summed E-state index contributed by atoms with van der Waals surface area (Å²) >= 11 is 6.27. The van der Waals surface area contributed by atoms with Crippen LogP contribution in [0.25, 0.3) is 10.8 Å². The van der Waals surface area contributed by atoms with Gasteiger partial charge in [0.25, 0.3) is 0 Å². The summed E-state index contributed by atoms with van der Waals surface area (Å²) in [5, 5.41) is 1.47. The van der Waals surface area contributed by atoms with Gasteiger partial charge in [-0.2, -0.15) is 0 Å². The maximum absolute atomic E-state index is 12.7. The second-order valence-corrected chi connectivity index (χ2v) is 8.78. The quantitative estimate of drug-likeness (QED) is 0.287. The number of hydrogen-bond donors (Lipinski definition) is 0. The summed E-state index contributed by atoms with van der Waals surface area (Å²) in [5.74, 6) is 0.103. The van der Waals surface area contributed by atoms with Crippen molar-refractivity contribution in [2.75, 3.05) is 0 Å². The molecular weight excluding hydrogens is 432 g/mol. The van der Waals surface area contributed by atoms with E-state index in [1.165, 1.54) is 6.92 Å². The Labute approximate surface area is 195 Å². The lowest BCUT2D eigenvalue weighted by atomic mass is 10.1. The molecule has 2 unspecified atom stereocenters.